The van der Waals surface area contributed by atoms with E-state index >= 15 is 0 Å². The van der Waals surface area contributed by atoms with Crippen LogP contribution in [0.2, 0.25) is 0 Å². The lowest BCUT2D eigenvalue weighted by Crippen LogP contribution is -2.47. The highest BCUT2D eigenvalue weighted by Crippen LogP contribution is 2.25. The molecule has 0 spiro atoms. The van der Waals surface area contributed by atoms with Crippen LogP contribution in [-0.4, -0.2) is 30.3 Å². The molecular weight excluding hydrogens is 218 g/mol. The number of hydrogen-bond donors (Lipinski definition) is 3. The van der Waals surface area contributed by atoms with Crippen LogP contribution in [0.25, 0.3) is 0 Å². The summed E-state index contributed by atoms with van der Waals surface area (Å²) in [5.41, 5.74) is 7.65. The van der Waals surface area contributed by atoms with Crippen LogP contribution in [0.5, 0.6) is 0 Å². The van der Waals surface area contributed by atoms with Gasteiger partial charge < -0.3 is 21.1 Å². The first-order chi connectivity index (χ1) is 8.16. The molecule has 1 saturated heterocycles. The molecule has 1 unspecified atom stereocenters. The second-order valence-electron chi connectivity index (χ2n) is 4.29. The fourth-order valence-corrected chi connectivity index (χ4v) is 2.26. The molecule has 5 heteroatoms. The van der Waals surface area contributed by atoms with Crippen molar-refractivity contribution in [3.8, 4) is 0 Å². The van der Waals surface area contributed by atoms with Gasteiger partial charge in [-0.25, -0.2) is 4.79 Å². The first-order valence-electron chi connectivity index (χ1n) is 5.75. The van der Waals surface area contributed by atoms with Crippen molar-refractivity contribution in [2.45, 2.75) is 18.9 Å². The maximum Gasteiger partial charge on any atom is 0.404 e. The zero-order valence-electron chi connectivity index (χ0n) is 9.60. The Morgan fingerprint density at radius 3 is 2.94 bits per heavy atom. The van der Waals surface area contributed by atoms with Gasteiger partial charge in [0.2, 0.25) is 0 Å². The van der Waals surface area contributed by atoms with Crippen LogP contribution in [0.15, 0.2) is 24.3 Å². The number of para-hydroxylation sites is 2. The van der Waals surface area contributed by atoms with Gasteiger partial charge in [0.15, 0.2) is 0 Å². The fourth-order valence-electron chi connectivity index (χ4n) is 2.26. The van der Waals surface area contributed by atoms with Crippen LogP contribution in [0.3, 0.4) is 0 Å². The van der Waals surface area contributed by atoms with Crippen LogP contribution >= 0.6 is 0 Å². The second-order valence-corrected chi connectivity index (χ2v) is 4.29. The number of amides is 1. The SMILES string of the molecule is Nc1ccccc1N1CCCC(NC(=O)O)C1. The van der Waals surface area contributed by atoms with Gasteiger partial charge in [-0.2, -0.15) is 0 Å². The molecule has 1 fully saturated rings. The van der Waals surface area contributed by atoms with Gasteiger partial charge in [0, 0.05) is 19.1 Å². The van der Waals surface area contributed by atoms with Crippen LogP contribution in [0.4, 0.5) is 16.2 Å². The molecule has 1 atom stereocenters. The summed E-state index contributed by atoms with van der Waals surface area (Å²) in [4.78, 5) is 12.8. The molecule has 0 bridgehead atoms. The molecule has 2 rings (SSSR count). The number of nitrogen functional groups attached to an aromatic ring is 1. The molecule has 17 heavy (non-hydrogen) atoms. The van der Waals surface area contributed by atoms with Crippen LogP contribution in [0.1, 0.15) is 12.8 Å². The molecule has 0 aromatic heterocycles. The molecule has 1 heterocycles. The molecule has 4 N–H and O–H groups in total. The summed E-state index contributed by atoms with van der Waals surface area (Å²) >= 11 is 0. The van der Waals surface area contributed by atoms with Gasteiger partial charge in [0.1, 0.15) is 0 Å². The Labute approximate surface area is 100 Å². The van der Waals surface area contributed by atoms with Crippen molar-refractivity contribution < 1.29 is 9.90 Å². The maximum atomic E-state index is 10.6. The van der Waals surface area contributed by atoms with E-state index in [0.717, 1.165) is 30.8 Å². The molecule has 1 aliphatic heterocycles. The molecule has 92 valence electrons. The number of rotatable bonds is 2. The average Bonchev–Trinajstić information content (AvgIpc) is 2.29. The molecule has 1 aromatic rings. The normalized spacial score (nSPS) is 20.0. The van der Waals surface area contributed by atoms with Crippen molar-refractivity contribution >= 4 is 17.5 Å². The van der Waals surface area contributed by atoms with Gasteiger partial charge in [0.05, 0.1) is 11.4 Å². The minimum Gasteiger partial charge on any atom is -0.465 e. The van der Waals surface area contributed by atoms with E-state index in [9.17, 15) is 4.79 Å². The van der Waals surface area contributed by atoms with Crippen molar-refractivity contribution in [1.82, 2.24) is 5.32 Å². The van der Waals surface area contributed by atoms with Crippen molar-refractivity contribution in [3.05, 3.63) is 24.3 Å². The number of benzene rings is 1. The van der Waals surface area contributed by atoms with E-state index in [1.807, 2.05) is 24.3 Å². The average molecular weight is 235 g/mol. The summed E-state index contributed by atoms with van der Waals surface area (Å²) in [7, 11) is 0. The highest BCUT2D eigenvalue weighted by molar-refractivity contribution is 5.68. The largest absolute Gasteiger partial charge is 0.465 e. The summed E-state index contributed by atoms with van der Waals surface area (Å²) in [5.74, 6) is 0. The summed E-state index contributed by atoms with van der Waals surface area (Å²) < 4.78 is 0. The lowest BCUT2D eigenvalue weighted by molar-refractivity contribution is 0.188. The van der Waals surface area contributed by atoms with Gasteiger partial charge in [-0.15, -0.1) is 0 Å². The minimum atomic E-state index is -0.960. The first kappa shape index (κ1) is 11.6. The molecule has 1 aromatic carbocycles. The van der Waals surface area contributed by atoms with Crippen LogP contribution < -0.4 is 16.0 Å². The van der Waals surface area contributed by atoms with E-state index < -0.39 is 6.09 Å². The summed E-state index contributed by atoms with van der Waals surface area (Å²) in [5, 5.41) is 11.3. The van der Waals surface area contributed by atoms with Crippen molar-refractivity contribution in [1.29, 1.82) is 0 Å². The van der Waals surface area contributed by atoms with Gasteiger partial charge in [-0.05, 0) is 25.0 Å². The quantitative estimate of drug-likeness (QED) is 0.679. The van der Waals surface area contributed by atoms with E-state index in [4.69, 9.17) is 10.8 Å². The highest BCUT2D eigenvalue weighted by atomic mass is 16.4. The third kappa shape index (κ3) is 2.81. The summed E-state index contributed by atoms with van der Waals surface area (Å²) in [6.07, 6.45) is 0.896. The van der Waals surface area contributed by atoms with Crippen molar-refractivity contribution in [2.24, 2.45) is 0 Å². The van der Waals surface area contributed by atoms with E-state index in [0.29, 0.717) is 6.54 Å². The van der Waals surface area contributed by atoms with E-state index in [-0.39, 0.29) is 6.04 Å². The van der Waals surface area contributed by atoms with Gasteiger partial charge in [0.25, 0.3) is 0 Å². The monoisotopic (exact) mass is 235 g/mol. The number of carboxylic acid groups (broad SMARTS) is 1. The number of hydrogen-bond acceptors (Lipinski definition) is 3. The van der Waals surface area contributed by atoms with Crippen LogP contribution in [0, 0.1) is 0 Å². The van der Waals surface area contributed by atoms with E-state index in [2.05, 4.69) is 10.2 Å². The maximum absolute atomic E-state index is 10.6. The van der Waals surface area contributed by atoms with Gasteiger partial charge in [-0.3, -0.25) is 0 Å². The summed E-state index contributed by atoms with van der Waals surface area (Å²) in [6.45, 7) is 1.60. The first-order valence-corrected chi connectivity index (χ1v) is 5.75. The van der Waals surface area contributed by atoms with Crippen LogP contribution in [-0.2, 0) is 0 Å². The number of carbonyl (C=O) groups is 1. The molecule has 5 nitrogen and oxygen atoms in total. The second kappa shape index (κ2) is 4.95. The van der Waals surface area contributed by atoms with Gasteiger partial charge in [-0.1, -0.05) is 12.1 Å². The van der Waals surface area contributed by atoms with E-state index in [1.165, 1.54) is 0 Å². The molecular formula is C12H17N3O2. The molecule has 0 radical (unpaired) electrons. The third-order valence-electron chi connectivity index (χ3n) is 3.03. The fraction of sp³-hybridized carbons (Fsp3) is 0.417. The zero-order valence-corrected chi connectivity index (χ0v) is 9.60. The standard InChI is InChI=1S/C12H17N3O2/c13-10-5-1-2-6-11(10)15-7-3-4-9(8-15)14-12(16)17/h1-2,5-6,9,14H,3-4,7-8,13H2,(H,16,17). The Balaban J connectivity index is 2.07. The van der Waals surface area contributed by atoms with Gasteiger partial charge >= 0.3 is 6.09 Å². The molecule has 1 amide bonds. The lowest BCUT2D eigenvalue weighted by Gasteiger charge is -2.34. The molecule has 0 aliphatic carbocycles. The Hall–Kier alpha value is -1.91. The predicted molar refractivity (Wildman–Crippen MR) is 67.2 cm³/mol. The number of nitrogens with two attached hydrogens (primary N) is 1. The molecule has 0 saturated carbocycles. The lowest BCUT2D eigenvalue weighted by atomic mass is 10.0. The Morgan fingerprint density at radius 2 is 2.24 bits per heavy atom. The molecule has 1 aliphatic rings. The smallest absolute Gasteiger partial charge is 0.404 e. The highest BCUT2D eigenvalue weighted by Gasteiger charge is 2.22. The number of anilines is 2. The number of nitrogens with one attached hydrogen (secondary N) is 1. The van der Waals surface area contributed by atoms with Crippen molar-refractivity contribution in [2.75, 3.05) is 23.7 Å². The van der Waals surface area contributed by atoms with E-state index in [1.54, 1.807) is 0 Å². The number of piperidine rings is 1. The topological polar surface area (TPSA) is 78.6 Å². The Bertz CT molecular complexity index is 408. The minimum absolute atomic E-state index is 0.0131. The summed E-state index contributed by atoms with van der Waals surface area (Å²) in [6, 6.07) is 7.67. The third-order valence-corrected chi connectivity index (χ3v) is 3.03. The Morgan fingerprint density at radius 1 is 1.47 bits per heavy atom. The Kier molecular flexibility index (Phi) is 3.37. The predicted octanol–water partition coefficient (Wildman–Crippen LogP) is 1.51. The van der Waals surface area contributed by atoms with Crippen molar-refractivity contribution in [3.63, 3.8) is 0 Å². The number of nitrogens with zero attached hydrogens (tertiary/aromatic N) is 1. The zero-order chi connectivity index (χ0) is 12.3.